The molecule has 26 heavy (non-hydrogen) atoms. The molecule has 0 saturated carbocycles. The summed E-state index contributed by atoms with van der Waals surface area (Å²) in [6.45, 7) is 0. The van der Waals surface area contributed by atoms with Gasteiger partial charge in [0.15, 0.2) is 15.6 Å². The first-order chi connectivity index (χ1) is 12.0. The van der Waals surface area contributed by atoms with Gasteiger partial charge in [-0.1, -0.05) is 29.8 Å². The Morgan fingerprint density at radius 3 is 2.58 bits per heavy atom. The Morgan fingerprint density at radius 2 is 1.92 bits per heavy atom. The molecule has 1 aliphatic heterocycles. The molecule has 0 saturated heterocycles. The Balaban J connectivity index is 2.30. The van der Waals surface area contributed by atoms with Crippen molar-refractivity contribution in [1.82, 2.24) is 4.98 Å². The second-order valence-corrected chi connectivity index (χ2v) is 10.1. The van der Waals surface area contributed by atoms with Gasteiger partial charge >= 0.3 is 0 Å². The molecule has 0 amide bonds. The molecule has 1 aromatic carbocycles. The molecular formula is C16H15ClN2O5S2. The number of halogens is 1. The number of nitrogens with zero attached hydrogens (tertiary/aromatic N) is 2. The van der Waals surface area contributed by atoms with Gasteiger partial charge < -0.3 is 5.11 Å². The molecule has 1 aliphatic rings. The van der Waals surface area contributed by atoms with Crippen molar-refractivity contribution in [2.24, 2.45) is 0 Å². The fourth-order valence-electron chi connectivity index (χ4n) is 2.71. The summed E-state index contributed by atoms with van der Waals surface area (Å²) in [5.74, 6) is -0.842. The van der Waals surface area contributed by atoms with E-state index < -0.39 is 25.6 Å². The van der Waals surface area contributed by atoms with E-state index in [2.05, 4.69) is 4.98 Å². The minimum Gasteiger partial charge on any atom is -0.504 e. The molecule has 2 heterocycles. The average molecular weight is 415 g/mol. The van der Waals surface area contributed by atoms with Crippen LogP contribution in [0.2, 0.25) is 5.02 Å². The molecule has 7 nitrogen and oxygen atoms in total. The normalized spacial score (nSPS) is 16.3. The van der Waals surface area contributed by atoms with E-state index >= 15 is 0 Å². The van der Waals surface area contributed by atoms with Gasteiger partial charge in [0.2, 0.25) is 10.0 Å². The maximum absolute atomic E-state index is 12.7. The molecule has 0 spiro atoms. The zero-order valence-electron chi connectivity index (χ0n) is 13.8. The number of hydrogen-bond donors (Lipinski definition) is 1. The van der Waals surface area contributed by atoms with Crippen molar-refractivity contribution in [3.63, 3.8) is 0 Å². The first kappa shape index (κ1) is 18.7. The van der Waals surface area contributed by atoms with Crippen LogP contribution in [0.3, 0.4) is 0 Å². The van der Waals surface area contributed by atoms with E-state index in [-0.39, 0.29) is 32.6 Å². The highest BCUT2D eigenvalue weighted by atomic mass is 35.5. The first-order valence-electron chi connectivity index (χ1n) is 7.37. The van der Waals surface area contributed by atoms with Crippen molar-refractivity contribution in [1.29, 1.82) is 0 Å². The van der Waals surface area contributed by atoms with Gasteiger partial charge in [-0.3, -0.25) is 9.29 Å². The quantitative estimate of drug-likeness (QED) is 0.827. The first-order valence-corrected chi connectivity index (χ1v) is 11.2. The highest BCUT2D eigenvalue weighted by Crippen LogP contribution is 2.42. The van der Waals surface area contributed by atoms with E-state index in [1.807, 2.05) is 0 Å². The summed E-state index contributed by atoms with van der Waals surface area (Å²) in [6.07, 6.45) is 2.45. The van der Waals surface area contributed by atoms with Crippen LogP contribution < -0.4 is 4.31 Å². The smallest absolute Gasteiger partial charge is 0.232 e. The Hall–Kier alpha value is -2.10. The lowest BCUT2D eigenvalue weighted by Crippen LogP contribution is -2.25. The Bertz CT molecular complexity index is 1140. The van der Waals surface area contributed by atoms with Crippen LogP contribution in [0.5, 0.6) is 0 Å². The molecule has 0 unspecified atom stereocenters. The molecule has 2 aromatic rings. The van der Waals surface area contributed by atoms with Crippen molar-refractivity contribution in [2.75, 3.05) is 17.6 Å². The van der Waals surface area contributed by atoms with Crippen LogP contribution in [0.15, 0.2) is 36.5 Å². The Kier molecular flexibility index (Phi) is 4.50. The minimum absolute atomic E-state index is 0.0217. The maximum Gasteiger partial charge on any atom is 0.232 e. The van der Waals surface area contributed by atoms with Crippen LogP contribution in [0.1, 0.15) is 16.8 Å². The Labute approximate surface area is 156 Å². The number of aliphatic hydroxyl groups excluding tert-OH is 1. The molecule has 0 fully saturated rings. The Morgan fingerprint density at radius 1 is 1.23 bits per heavy atom. The number of aromatic nitrogens is 1. The fraction of sp³-hybridized carbons (Fsp3) is 0.188. The highest BCUT2D eigenvalue weighted by molar-refractivity contribution is 8.00. The monoisotopic (exact) mass is 414 g/mol. The van der Waals surface area contributed by atoms with Crippen molar-refractivity contribution in [3.05, 3.63) is 58.4 Å². The number of rotatable bonds is 3. The summed E-state index contributed by atoms with van der Waals surface area (Å²) < 4.78 is 50.1. The average Bonchev–Trinajstić information content (AvgIpc) is 2.54. The zero-order chi connectivity index (χ0) is 19.3. The molecule has 3 rings (SSSR count). The van der Waals surface area contributed by atoms with Gasteiger partial charge in [0.1, 0.15) is 10.6 Å². The van der Waals surface area contributed by atoms with Crippen LogP contribution in [0.25, 0.3) is 10.7 Å². The number of pyridine rings is 1. The second-order valence-electron chi connectivity index (χ2n) is 5.82. The lowest BCUT2D eigenvalue weighted by Gasteiger charge is -2.23. The van der Waals surface area contributed by atoms with Crippen LogP contribution >= 0.6 is 11.6 Å². The van der Waals surface area contributed by atoms with Crippen molar-refractivity contribution >= 4 is 47.8 Å². The summed E-state index contributed by atoms with van der Waals surface area (Å²) in [4.78, 5) is 3.68. The molecule has 138 valence electrons. The largest absolute Gasteiger partial charge is 0.504 e. The SMILES string of the molecule is CN(c1cccc(C2=C(O)c3ncccc3CS2(=O)=O)c1Cl)S(C)(=O)=O. The number of benzene rings is 1. The number of fused-ring (bicyclic) bond motifs is 1. The van der Waals surface area contributed by atoms with Gasteiger partial charge in [0.05, 0.1) is 22.7 Å². The van der Waals surface area contributed by atoms with Gasteiger partial charge in [-0.25, -0.2) is 16.8 Å². The number of aliphatic hydroxyl groups is 1. The fourth-order valence-corrected chi connectivity index (χ4v) is 5.36. The third-order valence-electron chi connectivity index (χ3n) is 4.05. The van der Waals surface area contributed by atoms with Gasteiger partial charge in [0.25, 0.3) is 0 Å². The zero-order valence-corrected chi connectivity index (χ0v) is 16.2. The van der Waals surface area contributed by atoms with E-state index in [1.165, 1.54) is 31.4 Å². The predicted molar refractivity (Wildman–Crippen MR) is 101 cm³/mol. The van der Waals surface area contributed by atoms with Crippen molar-refractivity contribution in [3.8, 4) is 0 Å². The molecule has 0 bridgehead atoms. The van der Waals surface area contributed by atoms with E-state index in [9.17, 15) is 21.9 Å². The summed E-state index contributed by atoms with van der Waals surface area (Å²) >= 11 is 6.33. The van der Waals surface area contributed by atoms with Gasteiger partial charge in [-0.05, 0) is 17.7 Å². The molecule has 10 heteroatoms. The number of sulfone groups is 1. The summed E-state index contributed by atoms with van der Waals surface area (Å²) in [6, 6.07) is 7.50. The summed E-state index contributed by atoms with van der Waals surface area (Å²) in [7, 11) is -6.20. The third-order valence-corrected chi connectivity index (χ3v) is 7.36. The van der Waals surface area contributed by atoms with Crippen LogP contribution in [-0.2, 0) is 25.6 Å². The second kappa shape index (κ2) is 6.26. The number of hydrogen-bond acceptors (Lipinski definition) is 6. The van der Waals surface area contributed by atoms with Gasteiger partial charge in [0, 0.05) is 18.8 Å². The summed E-state index contributed by atoms with van der Waals surface area (Å²) in [5.41, 5.74) is 0.673. The standard InChI is InChI=1S/C16H15ClN2O5S2/c1-19(25(2,21)22)12-7-3-6-11(13(12)17)16-15(20)14-10(5-4-8-18-14)9-26(16,23)24/h3-8,20H,9H2,1-2H3. The lowest BCUT2D eigenvalue weighted by atomic mass is 10.1. The molecule has 0 aliphatic carbocycles. The van der Waals surface area contributed by atoms with Crippen molar-refractivity contribution in [2.45, 2.75) is 5.75 Å². The van der Waals surface area contributed by atoms with E-state index in [0.29, 0.717) is 5.56 Å². The molecular weight excluding hydrogens is 400 g/mol. The van der Waals surface area contributed by atoms with E-state index in [0.717, 1.165) is 10.6 Å². The van der Waals surface area contributed by atoms with Crippen LogP contribution in [0.4, 0.5) is 5.69 Å². The third kappa shape index (κ3) is 3.06. The van der Waals surface area contributed by atoms with Crippen molar-refractivity contribution < 1.29 is 21.9 Å². The number of anilines is 1. The molecule has 1 N–H and O–H groups in total. The highest BCUT2D eigenvalue weighted by Gasteiger charge is 2.34. The maximum atomic E-state index is 12.7. The van der Waals surface area contributed by atoms with E-state index in [4.69, 9.17) is 11.6 Å². The number of sulfonamides is 1. The van der Waals surface area contributed by atoms with Gasteiger partial charge in [-0.15, -0.1) is 0 Å². The molecule has 0 atom stereocenters. The van der Waals surface area contributed by atoms with Gasteiger partial charge in [-0.2, -0.15) is 0 Å². The van der Waals surface area contributed by atoms with Crippen LogP contribution in [-0.4, -0.2) is 40.2 Å². The lowest BCUT2D eigenvalue weighted by molar-refractivity contribution is 0.508. The van der Waals surface area contributed by atoms with E-state index in [1.54, 1.807) is 12.1 Å². The predicted octanol–water partition coefficient (Wildman–Crippen LogP) is 2.44. The summed E-state index contributed by atoms with van der Waals surface area (Å²) in [5, 5.41) is 10.5. The molecule has 1 aromatic heterocycles. The molecule has 0 radical (unpaired) electrons. The van der Waals surface area contributed by atoms with Crippen LogP contribution in [0, 0.1) is 0 Å². The topological polar surface area (TPSA) is 105 Å². The minimum atomic E-state index is -3.90.